The first kappa shape index (κ1) is 13.1. The van der Waals surface area contributed by atoms with Crippen LogP contribution in [0.2, 0.25) is 0 Å². The van der Waals surface area contributed by atoms with Gasteiger partial charge in [0.25, 0.3) is 0 Å². The number of carbonyl (C=O) groups is 1. The van der Waals surface area contributed by atoms with Gasteiger partial charge in [-0.3, -0.25) is 4.79 Å². The van der Waals surface area contributed by atoms with Gasteiger partial charge in [-0.15, -0.1) is 0 Å². The van der Waals surface area contributed by atoms with Gasteiger partial charge in [-0.05, 0) is 24.7 Å². The van der Waals surface area contributed by atoms with E-state index in [1.165, 1.54) is 0 Å². The minimum Gasteiger partial charge on any atom is -0.457 e. The Hall–Kier alpha value is -1.00. The van der Waals surface area contributed by atoms with Gasteiger partial charge in [-0.1, -0.05) is 30.3 Å². The molecule has 88 valence electrons. The molecule has 0 aliphatic carbocycles. The fraction of sp³-hybridized carbons (Fsp3) is 0.417. The number of rotatable bonds is 5. The lowest BCUT2D eigenvalue weighted by Crippen LogP contribution is -2.33. The number of thiol groups is 1. The molecule has 0 saturated heterocycles. The summed E-state index contributed by atoms with van der Waals surface area (Å²) in [4.78, 5) is 11.5. The van der Waals surface area contributed by atoms with Crippen molar-refractivity contribution in [1.29, 1.82) is 0 Å². The molecule has 0 saturated carbocycles. The molecule has 0 aromatic heterocycles. The van der Waals surface area contributed by atoms with Crippen molar-refractivity contribution in [2.45, 2.75) is 25.5 Å². The first-order valence-corrected chi connectivity index (χ1v) is 5.90. The van der Waals surface area contributed by atoms with Crippen LogP contribution in [0, 0.1) is 0 Å². The van der Waals surface area contributed by atoms with Gasteiger partial charge in [0.2, 0.25) is 0 Å². The molecule has 1 unspecified atom stereocenters. The number of esters is 1. The average Bonchev–Trinajstić information content (AvgIpc) is 2.30. The van der Waals surface area contributed by atoms with Crippen LogP contribution in [-0.4, -0.2) is 17.8 Å². The van der Waals surface area contributed by atoms with Crippen LogP contribution in [0.3, 0.4) is 0 Å². The Kier molecular flexibility index (Phi) is 5.35. The van der Waals surface area contributed by atoms with E-state index < -0.39 is 6.04 Å². The van der Waals surface area contributed by atoms with Crippen molar-refractivity contribution in [3.05, 3.63) is 35.9 Å². The van der Waals surface area contributed by atoms with Crippen molar-refractivity contribution in [3.63, 3.8) is 0 Å². The van der Waals surface area contributed by atoms with Gasteiger partial charge in [0.15, 0.2) is 0 Å². The van der Waals surface area contributed by atoms with Gasteiger partial charge in [0.1, 0.15) is 12.1 Å². The summed E-state index contributed by atoms with van der Waals surface area (Å²) in [6.45, 7) is 1.83. The van der Waals surface area contributed by atoms with Gasteiger partial charge in [0, 0.05) is 0 Å². The van der Waals surface area contributed by atoms with Gasteiger partial charge in [0.05, 0.1) is 0 Å². The van der Waals surface area contributed by atoms with Crippen molar-refractivity contribution in [2.75, 3.05) is 5.75 Å². The summed E-state index contributed by atoms with van der Waals surface area (Å²) in [5.74, 6) is 0.209. The molecule has 1 aromatic carbocycles. The Balaban J connectivity index is 2.51. The summed E-state index contributed by atoms with van der Waals surface area (Å²) >= 11 is 4.03. The minimum atomic E-state index is -0.580. The molecule has 1 rings (SSSR count). The molecule has 0 amide bonds. The van der Waals surface area contributed by atoms with E-state index in [9.17, 15) is 4.79 Å². The quantitative estimate of drug-likeness (QED) is 0.610. The molecule has 0 spiro atoms. The highest BCUT2D eigenvalue weighted by Gasteiger charge is 2.17. The van der Waals surface area contributed by atoms with Gasteiger partial charge in [-0.2, -0.15) is 12.6 Å². The van der Waals surface area contributed by atoms with E-state index in [4.69, 9.17) is 10.5 Å². The zero-order chi connectivity index (χ0) is 12.0. The number of carbonyl (C=O) groups excluding carboxylic acids is 1. The van der Waals surface area contributed by atoms with Crippen molar-refractivity contribution in [3.8, 4) is 0 Å². The molecular weight excluding hydrogens is 222 g/mol. The van der Waals surface area contributed by atoms with E-state index in [1.54, 1.807) is 0 Å². The molecule has 0 fully saturated rings. The van der Waals surface area contributed by atoms with Crippen LogP contribution >= 0.6 is 12.6 Å². The Labute approximate surface area is 101 Å². The maximum atomic E-state index is 11.5. The van der Waals surface area contributed by atoms with Crippen molar-refractivity contribution < 1.29 is 9.53 Å². The third kappa shape index (κ3) is 3.87. The number of hydrogen-bond donors (Lipinski definition) is 2. The summed E-state index contributed by atoms with van der Waals surface area (Å²) in [5, 5.41) is 0. The second-order valence-corrected chi connectivity index (χ2v) is 4.06. The molecule has 0 bridgehead atoms. The van der Waals surface area contributed by atoms with Crippen molar-refractivity contribution in [2.24, 2.45) is 5.73 Å². The van der Waals surface area contributed by atoms with Gasteiger partial charge >= 0.3 is 5.97 Å². The molecule has 0 heterocycles. The lowest BCUT2D eigenvalue weighted by Gasteiger charge is -2.16. The maximum absolute atomic E-state index is 11.5. The highest BCUT2D eigenvalue weighted by atomic mass is 32.1. The van der Waals surface area contributed by atoms with Crippen LogP contribution in [0.5, 0.6) is 0 Å². The molecular formula is C12H17NO2S. The standard InChI is InChI=1S/C12H17NO2S/c1-9(10-5-3-2-4-6-10)15-12(14)11(13)7-8-16/h2-6,9,11,16H,7-8,13H2,1H3/t9?,11-/m0/s1. The largest absolute Gasteiger partial charge is 0.457 e. The fourth-order valence-electron chi connectivity index (χ4n) is 1.31. The minimum absolute atomic E-state index is 0.264. The summed E-state index contributed by atoms with van der Waals surface area (Å²) < 4.78 is 5.25. The van der Waals surface area contributed by atoms with E-state index in [0.29, 0.717) is 12.2 Å². The predicted octanol–water partition coefficient (Wildman–Crippen LogP) is 1.94. The van der Waals surface area contributed by atoms with E-state index in [2.05, 4.69) is 12.6 Å². The van der Waals surface area contributed by atoms with Crippen LogP contribution in [0.25, 0.3) is 0 Å². The monoisotopic (exact) mass is 239 g/mol. The molecule has 0 aliphatic heterocycles. The molecule has 3 nitrogen and oxygen atoms in total. The molecule has 2 N–H and O–H groups in total. The average molecular weight is 239 g/mol. The number of nitrogens with two attached hydrogens (primary N) is 1. The van der Waals surface area contributed by atoms with Gasteiger partial charge < -0.3 is 10.5 Å². The summed E-state index contributed by atoms with van der Waals surface area (Å²) in [5.41, 5.74) is 6.60. The Bertz CT molecular complexity index is 329. The highest BCUT2D eigenvalue weighted by Crippen LogP contribution is 2.16. The zero-order valence-electron chi connectivity index (χ0n) is 9.30. The topological polar surface area (TPSA) is 52.3 Å². The first-order chi connectivity index (χ1) is 7.65. The third-order valence-corrected chi connectivity index (χ3v) is 2.56. The number of hydrogen-bond acceptors (Lipinski definition) is 4. The van der Waals surface area contributed by atoms with Crippen LogP contribution in [0.15, 0.2) is 30.3 Å². The SMILES string of the molecule is CC(OC(=O)[C@@H](N)CCS)c1ccccc1. The Morgan fingerprint density at radius 1 is 1.44 bits per heavy atom. The van der Waals surface area contributed by atoms with E-state index >= 15 is 0 Å². The van der Waals surface area contributed by atoms with Crippen molar-refractivity contribution >= 4 is 18.6 Å². The predicted molar refractivity (Wildman–Crippen MR) is 67.4 cm³/mol. The Morgan fingerprint density at radius 3 is 2.62 bits per heavy atom. The van der Waals surface area contributed by atoms with Crippen molar-refractivity contribution in [1.82, 2.24) is 0 Å². The van der Waals surface area contributed by atoms with Gasteiger partial charge in [-0.25, -0.2) is 0 Å². The molecule has 0 radical (unpaired) electrons. The summed E-state index contributed by atoms with van der Waals surface area (Å²) in [6.07, 6.45) is 0.267. The molecule has 0 aliphatic rings. The first-order valence-electron chi connectivity index (χ1n) is 5.27. The maximum Gasteiger partial charge on any atom is 0.323 e. The molecule has 2 atom stereocenters. The van der Waals surface area contributed by atoms with Crippen LogP contribution in [0.1, 0.15) is 25.0 Å². The zero-order valence-corrected chi connectivity index (χ0v) is 10.2. The normalized spacial score (nSPS) is 14.2. The molecule has 1 aromatic rings. The molecule has 16 heavy (non-hydrogen) atoms. The van der Waals surface area contributed by atoms with E-state index in [1.807, 2.05) is 37.3 Å². The number of benzene rings is 1. The summed E-state index contributed by atoms with van der Waals surface area (Å²) in [6, 6.07) is 9.00. The van der Waals surface area contributed by atoms with Crippen LogP contribution in [-0.2, 0) is 9.53 Å². The van der Waals surface area contributed by atoms with Crippen LogP contribution < -0.4 is 5.73 Å². The second kappa shape index (κ2) is 6.55. The second-order valence-electron chi connectivity index (χ2n) is 3.61. The fourth-order valence-corrected chi connectivity index (χ4v) is 1.59. The molecule has 4 heteroatoms. The lowest BCUT2D eigenvalue weighted by molar-refractivity contribution is -0.150. The highest BCUT2D eigenvalue weighted by molar-refractivity contribution is 7.80. The van der Waals surface area contributed by atoms with E-state index in [0.717, 1.165) is 5.56 Å². The van der Waals surface area contributed by atoms with E-state index in [-0.39, 0.29) is 12.1 Å². The lowest BCUT2D eigenvalue weighted by atomic mass is 10.1. The van der Waals surface area contributed by atoms with Crippen LogP contribution in [0.4, 0.5) is 0 Å². The summed E-state index contributed by atoms with van der Waals surface area (Å²) in [7, 11) is 0. The number of ether oxygens (including phenoxy) is 1. The Morgan fingerprint density at radius 2 is 2.06 bits per heavy atom. The smallest absolute Gasteiger partial charge is 0.323 e. The third-order valence-electron chi connectivity index (χ3n) is 2.30.